The van der Waals surface area contributed by atoms with Crippen molar-refractivity contribution >= 4 is 18.5 Å². The van der Waals surface area contributed by atoms with Gasteiger partial charge in [-0.1, -0.05) is 31.2 Å². The molecule has 2 heterocycles. The van der Waals surface area contributed by atoms with E-state index in [0.29, 0.717) is 17.8 Å². The SMILES string of the molecule is CCc1ccc(Cn2nc(-c3ccc(OC(F)(P)P)nc3)ccc2=O)cc1. The van der Waals surface area contributed by atoms with Crippen LogP contribution in [-0.2, 0) is 13.0 Å². The molecule has 2 atom stereocenters. The smallest absolute Gasteiger partial charge is 0.272 e. The van der Waals surface area contributed by atoms with Gasteiger partial charge in [0.1, 0.15) is 0 Å². The number of halogens is 1. The molecule has 0 aliphatic carbocycles. The highest BCUT2D eigenvalue weighted by atomic mass is 31.1. The molecule has 0 amide bonds. The van der Waals surface area contributed by atoms with Gasteiger partial charge in [0.15, 0.2) is 0 Å². The lowest BCUT2D eigenvalue weighted by molar-refractivity contribution is 0.112. The molecule has 0 fully saturated rings. The fourth-order valence-corrected chi connectivity index (χ4v) is 2.76. The zero-order valence-electron chi connectivity index (χ0n) is 14.8. The summed E-state index contributed by atoms with van der Waals surface area (Å²) in [6.07, 6.45) is 2.50. The largest absolute Gasteiger partial charge is 0.435 e. The van der Waals surface area contributed by atoms with E-state index in [1.165, 1.54) is 22.5 Å². The van der Waals surface area contributed by atoms with Crippen LogP contribution in [0.25, 0.3) is 11.3 Å². The van der Waals surface area contributed by atoms with Crippen LogP contribution in [-0.4, -0.2) is 20.1 Å². The van der Waals surface area contributed by atoms with Crippen LogP contribution in [0.5, 0.6) is 5.88 Å². The third-order valence-corrected chi connectivity index (χ3v) is 4.16. The van der Waals surface area contributed by atoms with Crippen molar-refractivity contribution in [2.75, 3.05) is 0 Å². The lowest BCUT2D eigenvalue weighted by atomic mass is 10.1. The van der Waals surface area contributed by atoms with Crippen molar-refractivity contribution in [1.29, 1.82) is 0 Å². The second kappa shape index (κ2) is 8.24. The van der Waals surface area contributed by atoms with Crippen LogP contribution in [0.3, 0.4) is 0 Å². The van der Waals surface area contributed by atoms with E-state index < -0.39 is 5.34 Å². The monoisotopic (exact) mass is 403 g/mol. The van der Waals surface area contributed by atoms with Gasteiger partial charge in [0.2, 0.25) is 5.88 Å². The predicted molar refractivity (Wildman–Crippen MR) is 111 cm³/mol. The van der Waals surface area contributed by atoms with Crippen LogP contribution in [0.15, 0.2) is 59.5 Å². The second-order valence-electron chi connectivity index (χ2n) is 6.07. The molecule has 0 N–H and O–H groups in total. The van der Waals surface area contributed by atoms with E-state index >= 15 is 0 Å². The van der Waals surface area contributed by atoms with Crippen molar-refractivity contribution in [2.24, 2.45) is 0 Å². The molecular formula is C19H20FN3O2P2. The van der Waals surface area contributed by atoms with E-state index in [1.54, 1.807) is 18.2 Å². The Balaban J connectivity index is 1.83. The van der Waals surface area contributed by atoms with Gasteiger partial charge in [-0.05, 0) is 48.2 Å². The molecule has 1 aromatic carbocycles. The van der Waals surface area contributed by atoms with Crippen molar-refractivity contribution in [3.8, 4) is 17.1 Å². The van der Waals surface area contributed by atoms with Crippen molar-refractivity contribution in [2.45, 2.75) is 25.2 Å². The van der Waals surface area contributed by atoms with Gasteiger partial charge in [-0.25, -0.2) is 9.67 Å². The molecule has 0 aliphatic heterocycles. The minimum Gasteiger partial charge on any atom is -0.435 e. The molecule has 2 unspecified atom stereocenters. The summed E-state index contributed by atoms with van der Waals surface area (Å²) in [5.41, 5.74) is 3.37. The number of alkyl halides is 1. The van der Waals surface area contributed by atoms with Gasteiger partial charge < -0.3 is 4.74 Å². The van der Waals surface area contributed by atoms with Gasteiger partial charge in [-0.15, -0.1) is 0 Å². The Labute approximate surface area is 161 Å². The van der Waals surface area contributed by atoms with Crippen molar-refractivity contribution in [1.82, 2.24) is 14.8 Å². The maximum absolute atomic E-state index is 13.5. The highest BCUT2D eigenvalue weighted by molar-refractivity contribution is 7.38. The fraction of sp³-hybridized carbons (Fsp3) is 0.211. The molecule has 8 heteroatoms. The Hall–Kier alpha value is -2.16. The number of aromatic nitrogens is 3. The summed E-state index contributed by atoms with van der Waals surface area (Å²) >= 11 is 0. The number of pyridine rings is 1. The van der Waals surface area contributed by atoms with Crippen molar-refractivity contribution in [3.63, 3.8) is 0 Å². The third-order valence-electron chi connectivity index (χ3n) is 3.92. The zero-order valence-corrected chi connectivity index (χ0v) is 17.1. The Kier molecular flexibility index (Phi) is 5.98. The Bertz CT molecular complexity index is 968. The molecule has 5 nitrogen and oxygen atoms in total. The van der Waals surface area contributed by atoms with Gasteiger partial charge in [0.25, 0.3) is 10.9 Å². The first kappa shape index (κ1) is 19.6. The fourth-order valence-electron chi connectivity index (χ4n) is 2.52. The summed E-state index contributed by atoms with van der Waals surface area (Å²) in [4.78, 5) is 16.2. The molecule has 2 aromatic heterocycles. The van der Waals surface area contributed by atoms with E-state index in [0.717, 1.165) is 12.0 Å². The highest BCUT2D eigenvalue weighted by Gasteiger charge is 2.18. The molecule has 0 radical (unpaired) electrons. The average molecular weight is 403 g/mol. The standard InChI is InChI=1S/C19H20FN3O2P2/c1-2-13-3-5-14(6-4-13)12-23-18(24)10-8-16(22-23)15-7-9-17(21-11-15)25-19(20,26)27/h3-11H,2,12,26-27H2,1H3. The summed E-state index contributed by atoms with van der Waals surface area (Å²) in [6, 6.07) is 14.5. The molecule has 3 aromatic rings. The number of hydrogen-bond donors (Lipinski definition) is 0. The third kappa shape index (κ3) is 5.41. The van der Waals surface area contributed by atoms with Gasteiger partial charge in [-0.2, -0.15) is 9.49 Å². The number of rotatable bonds is 6. The maximum Gasteiger partial charge on any atom is 0.272 e. The lowest BCUT2D eigenvalue weighted by Crippen LogP contribution is -2.22. The van der Waals surface area contributed by atoms with E-state index in [-0.39, 0.29) is 11.4 Å². The van der Waals surface area contributed by atoms with Gasteiger partial charge >= 0.3 is 0 Å². The first-order valence-electron chi connectivity index (χ1n) is 8.42. The quantitative estimate of drug-likeness (QED) is 0.590. The van der Waals surface area contributed by atoms with Crippen LogP contribution in [0, 0.1) is 0 Å². The van der Waals surface area contributed by atoms with Crippen LogP contribution < -0.4 is 10.3 Å². The summed E-state index contributed by atoms with van der Waals surface area (Å²) in [5.74, 6) is 0.149. The minimum absolute atomic E-state index is 0.149. The first-order chi connectivity index (χ1) is 12.8. The molecule has 0 spiro atoms. The number of hydrogen-bond acceptors (Lipinski definition) is 4. The average Bonchev–Trinajstić information content (AvgIpc) is 2.63. The van der Waals surface area contributed by atoms with E-state index in [1.807, 2.05) is 30.6 Å². The van der Waals surface area contributed by atoms with E-state index in [2.05, 4.69) is 29.1 Å². The number of aryl methyl sites for hydroxylation is 1. The number of nitrogens with zero attached hydrogens (tertiary/aromatic N) is 3. The predicted octanol–water partition coefficient (Wildman–Crippen LogP) is 3.63. The summed E-state index contributed by atoms with van der Waals surface area (Å²) in [7, 11) is 3.84. The van der Waals surface area contributed by atoms with Crippen molar-refractivity contribution < 1.29 is 9.13 Å². The zero-order chi connectivity index (χ0) is 19.4. The highest BCUT2D eigenvalue weighted by Crippen LogP contribution is 2.31. The molecule has 3 rings (SSSR count). The van der Waals surface area contributed by atoms with Crippen LogP contribution in [0.1, 0.15) is 18.1 Å². The van der Waals surface area contributed by atoms with Crippen molar-refractivity contribution in [3.05, 3.63) is 76.2 Å². The molecule has 0 bridgehead atoms. The van der Waals surface area contributed by atoms with Gasteiger partial charge in [-0.3, -0.25) is 4.79 Å². The molecule has 0 saturated heterocycles. The number of benzene rings is 1. The van der Waals surface area contributed by atoms with Gasteiger partial charge in [0.05, 0.1) is 12.2 Å². The molecular weight excluding hydrogens is 383 g/mol. The topological polar surface area (TPSA) is 57.0 Å². The molecule has 140 valence electrons. The first-order valence-corrected chi connectivity index (χ1v) is 9.57. The minimum atomic E-state index is -1.96. The van der Waals surface area contributed by atoms with Crippen LogP contribution in [0.2, 0.25) is 0 Å². The van der Waals surface area contributed by atoms with E-state index in [9.17, 15) is 9.18 Å². The second-order valence-corrected chi connectivity index (χ2v) is 8.31. The Morgan fingerprint density at radius 3 is 2.37 bits per heavy atom. The Morgan fingerprint density at radius 2 is 1.78 bits per heavy atom. The summed E-state index contributed by atoms with van der Waals surface area (Å²) in [6.45, 7) is 2.48. The van der Waals surface area contributed by atoms with Crippen LogP contribution in [0.4, 0.5) is 4.39 Å². The number of ether oxygens (including phenoxy) is 1. The Morgan fingerprint density at radius 1 is 1.07 bits per heavy atom. The lowest BCUT2D eigenvalue weighted by Gasteiger charge is -2.15. The maximum atomic E-state index is 13.5. The summed E-state index contributed by atoms with van der Waals surface area (Å²) in [5, 5.41) is 2.46. The normalized spacial score (nSPS) is 11.4. The van der Waals surface area contributed by atoms with E-state index in [4.69, 9.17) is 4.74 Å². The van der Waals surface area contributed by atoms with Crippen LogP contribution >= 0.6 is 18.5 Å². The summed E-state index contributed by atoms with van der Waals surface area (Å²) < 4.78 is 19.9. The van der Waals surface area contributed by atoms with Gasteiger partial charge in [0, 0.05) is 23.9 Å². The molecule has 0 aliphatic rings. The molecule has 0 saturated carbocycles. The molecule has 27 heavy (non-hydrogen) atoms.